The van der Waals surface area contributed by atoms with Crippen LogP contribution in [0.3, 0.4) is 0 Å². The Labute approximate surface area is 147 Å². The highest BCUT2D eigenvalue weighted by molar-refractivity contribution is 7.07. The molecule has 1 aromatic heterocycles. The molecule has 0 unspecified atom stereocenters. The van der Waals surface area contributed by atoms with Crippen LogP contribution in [0.5, 0.6) is 5.75 Å². The minimum atomic E-state index is -0.797. The van der Waals surface area contributed by atoms with Crippen LogP contribution in [0.1, 0.15) is 12.5 Å². The predicted octanol–water partition coefficient (Wildman–Crippen LogP) is 0.868. The molecule has 0 atom stereocenters. The molecule has 0 spiro atoms. The van der Waals surface area contributed by atoms with Gasteiger partial charge in [-0.05, 0) is 30.7 Å². The van der Waals surface area contributed by atoms with E-state index in [4.69, 9.17) is 4.74 Å². The van der Waals surface area contributed by atoms with Gasteiger partial charge in [-0.3, -0.25) is 9.36 Å². The van der Waals surface area contributed by atoms with E-state index in [0.717, 1.165) is 11.3 Å². The predicted molar refractivity (Wildman–Crippen MR) is 95.4 cm³/mol. The van der Waals surface area contributed by atoms with Crippen molar-refractivity contribution in [1.82, 2.24) is 4.57 Å². The van der Waals surface area contributed by atoms with Crippen LogP contribution in [0.25, 0.3) is 11.6 Å². The molecule has 7 heteroatoms. The molecule has 25 heavy (non-hydrogen) atoms. The number of ether oxygens (including phenoxy) is 1. The average Bonchev–Trinajstić information content (AvgIpc) is 2.89. The van der Waals surface area contributed by atoms with Crippen LogP contribution in [0.4, 0.5) is 0 Å². The van der Waals surface area contributed by atoms with Crippen LogP contribution in [-0.4, -0.2) is 22.2 Å². The number of nitrogens with zero attached hydrogens (tertiary/aromatic N) is 2. The van der Waals surface area contributed by atoms with Gasteiger partial charge in [-0.15, -0.1) is 11.3 Å². The fourth-order valence-electron chi connectivity index (χ4n) is 2.15. The van der Waals surface area contributed by atoms with E-state index in [1.165, 1.54) is 22.8 Å². The van der Waals surface area contributed by atoms with Gasteiger partial charge in [-0.1, -0.05) is 24.8 Å². The standard InChI is InChI=1S/C18H16N2O4S/c1-3-8-24-18(23)14(11-19)17-20(4-2)16(22)15(25-17)10-12-6-5-7-13(21)9-12/h3,5-7,9-10,21H,1,4,8H2,2H3/b15-10-,17-14-. The number of aromatic hydroxyl groups is 1. The lowest BCUT2D eigenvalue weighted by Gasteiger charge is -2.00. The summed E-state index contributed by atoms with van der Waals surface area (Å²) in [6.45, 7) is 5.48. The molecule has 0 amide bonds. The highest BCUT2D eigenvalue weighted by Gasteiger charge is 2.16. The Kier molecular flexibility index (Phi) is 5.93. The lowest BCUT2D eigenvalue weighted by atomic mass is 10.2. The highest BCUT2D eigenvalue weighted by atomic mass is 32.1. The molecule has 0 fully saturated rings. The van der Waals surface area contributed by atoms with E-state index in [2.05, 4.69) is 6.58 Å². The number of aromatic nitrogens is 1. The molecule has 0 saturated heterocycles. The molecule has 0 saturated carbocycles. The van der Waals surface area contributed by atoms with Crippen molar-refractivity contribution >= 4 is 29.0 Å². The largest absolute Gasteiger partial charge is 0.508 e. The molecule has 0 radical (unpaired) electrons. The summed E-state index contributed by atoms with van der Waals surface area (Å²) in [6, 6.07) is 8.26. The van der Waals surface area contributed by atoms with Crippen molar-refractivity contribution in [2.75, 3.05) is 6.61 Å². The summed E-state index contributed by atoms with van der Waals surface area (Å²) in [5, 5.41) is 18.9. The molecule has 1 N–H and O–H groups in total. The topological polar surface area (TPSA) is 92.3 Å². The summed E-state index contributed by atoms with van der Waals surface area (Å²) < 4.78 is 6.87. The number of phenolic OH excluding ortho intramolecular Hbond substituents is 1. The zero-order valence-electron chi connectivity index (χ0n) is 13.6. The number of rotatable bonds is 5. The van der Waals surface area contributed by atoms with Gasteiger partial charge in [0.15, 0.2) is 5.57 Å². The molecule has 0 aliphatic carbocycles. The lowest BCUT2D eigenvalue weighted by molar-refractivity contribution is -0.135. The molecule has 0 aliphatic heterocycles. The third-order valence-electron chi connectivity index (χ3n) is 3.25. The number of phenols is 1. The van der Waals surface area contributed by atoms with Crippen LogP contribution < -0.4 is 14.8 Å². The van der Waals surface area contributed by atoms with E-state index < -0.39 is 5.97 Å². The molecule has 128 valence electrons. The summed E-state index contributed by atoms with van der Waals surface area (Å²) in [4.78, 5) is 24.6. The van der Waals surface area contributed by atoms with E-state index in [1.807, 2.05) is 6.07 Å². The van der Waals surface area contributed by atoms with Gasteiger partial charge in [0.2, 0.25) is 0 Å². The third-order valence-corrected chi connectivity index (χ3v) is 4.38. The van der Waals surface area contributed by atoms with Crippen LogP contribution in [0.15, 0.2) is 41.7 Å². The van der Waals surface area contributed by atoms with Gasteiger partial charge in [-0.25, -0.2) is 4.79 Å². The minimum absolute atomic E-state index is 0.0198. The van der Waals surface area contributed by atoms with Crippen molar-refractivity contribution in [3.8, 4) is 11.8 Å². The van der Waals surface area contributed by atoms with Crippen molar-refractivity contribution < 1.29 is 14.6 Å². The number of carbonyl (C=O) groups is 1. The molecule has 0 bridgehead atoms. The summed E-state index contributed by atoms with van der Waals surface area (Å²) in [6.07, 6.45) is 3.00. The van der Waals surface area contributed by atoms with Gasteiger partial charge in [0.05, 0.1) is 4.53 Å². The lowest BCUT2D eigenvalue weighted by Crippen LogP contribution is -2.32. The fourth-order valence-corrected chi connectivity index (χ4v) is 3.30. The quantitative estimate of drug-likeness (QED) is 0.634. The number of hydrogen-bond acceptors (Lipinski definition) is 6. The Hall–Kier alpha value is -3.11. The Bertz CT molecular complexity index is 1020. The van der Waals surface area contributed by atoms with Gasteiger partial charge in [0, 0.05) is 6.54 Å². The number of thiazole rings is 1. The number of hydrogen-bond donors (Lipinski definition) is 1. The molecular weight excluding hydrogens is 340 g/mol. The van der Waals surface area contributed by atoms with E-state index >= 15 is 0 Å². The van der Waals surface area contributed by atoms with Crippen molar-refractivity contribution in [2.24, 2.45) is 0 Å². The summed E-state index contributed by atoms with van der Waals surface area (Å²) in [5.74, 6) is -0.714. The highest BCUT2D eigenvalue weighted by Crippen LogP contribution is 2.11. The Morgan fingerprint density at radius 1 is 1.52 bits per heavy atom. The summed E-state index contributed by atoms with van der Waals surface area (Å²) in [7, 11) is 0. The second kappa shape index (κ2) is 8.13. The molecule has 0 aliphatic rings. The van der Waals surface area contributed by atoms with Crippen molar-refractivity contribution in [3.05, 3.63) is 62.0 Å². The van der Waals surface area contributed by atoms with Gasteiger partial charge in [0.1, 0.15) is 23.1 Å². The van der Waals surface area contributed by atoms with Crippen LogP contribution in [0.2, 0.25) is 0 Å². The van der Waals surface area contributed by atoms with Gasteiger partial charge in [-0.2, -0.15) is 5.26 Å². The van der Waals surface area contributed by atoms with Crippen molar-refractivity contribution in [2.45, 2.75) is 13.5 Å². The van der Waals surface area contributed by atoms with E-state index in [0.29, 0.717) is 16.6 Å². The second-order valence-electron chi connectivity index (χ2n) is 4.93. The monoisotopic (exact) mass is 356 g/mol. The maximum atomic E-state index is 12.6. The number of nitriles is 1. The average molecular weight is 356 g/mol. The van der Waals surface area contributed by atoms with E-state index in [-0.39, 0.29) is 28.2 Å². The first-order valence-corrected chi connectivity index (χ1v) is 8.26. The number of benzene rings is 1. The Morgan fingerprint density at radius 2 is 2.28 bits per heavy atom. The van der Waals surface area contributed by atoms with Crippen molar-refractivity contribution in [3.63, 3.8) is 0 Å². The maximum Gasteiger partial charge on any atom is 0.352 e. The van der Waals surface area contributed by atoms with E-state index in [9.17, 15) is 20.0 Å². The number of carbonyl (C=O) groups excluding carboxylic acids is 1. The molecule has 2 rings (SSSR count). The normalized spacial score (nSPS) is 12.4. The molecule has 1 heterocycles. The van der Waals surface area contributed by atoms with Crippen LogP contribution in [0, 0.1) is 11.3 Å². The van der Waals surface area contributed by atoms with E-state index in [1.54, 1.807) is 25.1 Å². The zero-order valence-corrected chi connectivity index (χ0v) is 14.4. The SMILES string of the molecule is C=CCOC(=O)/C(C#N)=c1\s/c(=C\c2cccc(O)c2)c(=O)n1CC. The fraction of sp³-hybridized carbons (Fsp3) is 0.167. The first-order chi connectivity index (χ1) is 12.0. The zero-order chi connectivity index (χ0) is 18.4. The smallest absolute Gasteiger partial charge is 0.352 e. The molecule has 6 nitrogen and oxygen atoms in total. The minimum Gasteiger partial charge on any atom is -0.508 e. The van der Waals surface area contributed by atoms with Gasteiger partial charge >= 0.3 is 5.97 Å². The third kappa shape index (κ3) is 4.05. The maximum absolute atomic E-state index is 12.6. The summed E-state index contributed by atoms with van der Waals surface area (Å²) in [5.41, 5.74) is 0.109. The van der Waals surface area contributed by atoms with Crippen LogP contribution >= 0.6 is 11.3 Å². The second-order valence-corrected chi connectivity index (χ2v) is 5.96. The Balaban J connectivity index is 2.71. The van der Waals surface area contributed by atoms with Crippen molar-refractivity contribution in [1.29, 1.82) is 5.26 Å². The van der Waals surface area contributed by atoms with Gasteiger partial charge < -0.3 is 9.84 Å². The molecule has 2 aromatic rings. The summed E-state index contributed by atoms with van der Waals surface area (Å²) >= 11 is 1.03. The first kappa shape index (κ1) is 18.2. The van der Waals surface area contributed by atoms with Crippen LogP contribution in [-0.2, 0) is 16.1 Å². The molecular formula is C18H16N2O4S. The number of esters is 1. The molecule has 1 aromatic carbocycles. The van der Waals surface area contributed by atoms with Gasteiger partial charge in [0.25, 0.3) is 5.56 Å². The Morgan fingerprint density at radius 3 is 2.88 bits per heavy atom. The first-order valence-electron chi connectivity index (χ1n) is 7.44.